The third-order valence-corrected chi connectivity index (χ3v) is 7.72. The number of carboxylic acids is 1. The van der Waals surface area contributed by atoms with Crippen LogP contribution in [0.25, 0.3) is 11.0 Å². The van der Waals surface area contributed by atoms with Crippen molar-refractivity contribution in [3.63, 3.8) is 0 Å². The minimum absolute atomic E-state index is 0.00777. The molecule has 8 heteroatoms. The van der Waals surface area contributed by atoms with Crippen LogP contribution < -0.4 is 10.0 Å². The lowest BCUT2D eigenvalue weighted by Gasteiger charge is -2.30. The number of aliphatic carboxylic acids is 1. The first-order chi connectivity index (χ1) is 14.9. The Morgan fingerprint density at radius 3 is 2.61 bits per heavy atom. The van der Waals surface area contributed by atoms with Crippen molar-refractivity contribution in [2.24, 2.45) is 5.92 Å². The summed E-state index contributed by atoms with van der Waals surface area (Å²) in [5.41, 5.74) is 1.77. The quantitative estimate of drug-likeness (QED) is 0.482. The first-order valence-corrected chi connectivity index (χ1v) is 12.9. The van der Waals surface area contributed by atoms with Crippen molar-refractivity contribution in [2.75, 3.05) is 18.8 Å². The fourth-order valence-electron chi connectivity index (χ4n) is 4.67. The lowest BCUT2D eigenvalue weighted by molar-refractivity contribution is -0.139. The number of sulfonamides is 1. The van der Waals surface area contributed by atoms with Crippen molar-refractivity contribution in [3.8, 4) is 0 Å². The molecular formula is C23H34N2O5S. The molecule has 2 heterocycles. The third kappa shape index (κ3) is 5.87. The van der Waals surface area contributed by atoms with Crippen LogP contribution in [0.15, 0.2) is 28.7 Å². The number of carboxylic acid groups (broad SMARTS) is 1. The molecule has 1 aliphatic rings. The molecular weight excluding hydrogens is 416 g/mol. The van der Waals surface area contributed by atoms with Crippen molar-refractivity contribution >= 4 is 27.0 Å². The molecule has 1 aromatic heterocycles. The molecule has 172 valence electrons. The van der Waals surface area contributed by atoms with E-state index in [4.69, 9.17) is 4.42 Å². The zero-order valence-corrected chi connectivity index (χ0v) is 19.2. The number of benzene rings is 1. The van der Waals surface area contributed by atoms with Crippen LogP contribution in [0.5, 0.6) is 0 Å². The van der Waals surface area contributed by atoms with Crippen LogP contribution in [0.3, 0.4) is 0 Å². The van der Waals surface area contributed by atoms with Crippen molar-refractivity contribution < 1.29 is 22.7 Å². The maximum atomic E-state index is 12.4. The van der Waals surface area contributed by atoms with Gasteiger partial charge in [-0.05, 0) is 56.7 Å². The van der Waals surface area contributed by atoms with Crippen LogP contribution in [0, 0.1) is 5.92 Å². The average molecular weight is 451 g/mol. The van der Waals surface area contributed by atoms with E-state index in [9.17, 15) is 18.3 Å². The summed E-state index contributed by atoms with van der Waals surface area (Å²) in [6.07, 6.45) is 4.24. The molecule has 3 rings (SSSR count). The lowest BCUT2D eigenvalue weighted by Crippen LogP contribution is -2.43. The number of nitrogens with one attached hydrogen (secondary N) is 2. The predicted octanol–water partition coefficient (Wildman–Crippen LogP) is 3.64. The summed E-state index contributed by atoms with van der Waals surface area (Å²) < 4.78 is 33.3. The number of rotatable bonds is 11. The second-order valence-corrected chi connectivity index (χ2v) is 10.3. The highest BCUT2D eigenvalue weighted by atomic mass is 32.2. The summed E-state index contributed by atoms with van der Waals surface area (Å²) in [6.45, 7) is 6.00. The number of para-hydroxylation sites is 1. The summed E-state index contributed by atoms with van der Waals surface area (Å²) in [5, 5.41) is 14.2. The summed E-state index contributed by atoms with van der Waals surface area (Å²) in [5.74, 6) is 0.0356. The van der Waals surface area contributed by atoms with Gasteiger partial charge in [0.25, 0.3) is 0 Å². The largest absolute Gasteiger partial charge is 0.480 e. The molecule has 0 aliphatic carbocycles. The summed E-state index contributed by atoms with van der Waals surface area (Å²) >= 11 is 0. The summed E-state index contributed by atoms with van der Waals surface area (Å²) in [7, 11) is -3.68. The van der Waals surface area contributed by atoms with Crippen LogP contribution in [0.4, 0.5) is 0 Å². The highest BCUT2D eigenvalue weighted by molar-refractivity contribution is 7.89. The molecule has 1 fully saturated rings. The van der Waals surface area contributed by atoms with E-state index in [1.807, 2.05) is 31.2 Å². The Hall–Kier alpha value is -1.90. The van der Waals surface area contributed by atoms with E-state index in [-0.39, 0.29) is 18.1 Å². The zero-order valence-electron chi connectivity index (χ0n) is 18.4. The van der Waals surface area contributed by atoms with E-state index in [0.717, 1.165) is 55.3 Å². The maximum absolute atomic E-state index is 12.4. The number of furan rings is 1. The van der Waals surface area contributed by atoms with Gasteiger partial charge in [0.15, 0.2) is 0 Å². The number of unbranched alkanes of at least 4 members (excludes halogenated alkanes) is 1. The maximum Gasteiger partial charge on any atom is 0.322 e. The van der Waals surface area contributed by atoms with Crippen molar-refractivity contribution in [1.29, 1.82) is 0 Å². The van der Waals surface area contributed by atoms with Crippen LogP contribution in [-0.4, -0.2) is 44.4 Å². The molecule has 7 nitrogen and oxygen atoms in total. The van der Waals surface area contributed by atoms with Gasteiger partial charge in [-0.25, -0.2) is 13.1 Å². The van der Waals surface area contributed by atoms with Gasteiger partial charge in [-0.2, -0.15) is 0 Å². The molecule has 31 heavy (non-hydrogen) atoms. The minimum Gasteiger partial charge on any atom is -0.480 e. The molecule has 1 aromatic carbocycles. The van der Waals surface area contributed by atoms with Gasteiger partial charge in [0.05, 0.1) is 5.75 Å². The first kappa shape index (κ1) is 23.8. The minimum atomic E-state index is -3.68. The second-order valence-electron chi connectivity index (χ2n) is 8.42. The Labute approximate surface area is 184 Å². The van der Waals surface area contributed by atoms with E-state index in [1.165, 1.54) is 0 Å². The molecule has 1 saturated heterocycles. The molecule has 0 amide bonds. The van der Waals surface area contributed by atoms with Gasteiger partial charge in [0, 0.05) is 17.4 Å². The van der Waals surface area contributed by atoms with E-state index < -0.39 is 22.0 Å². The smallest absolute Gasteiger partial charge is 0.322 e. The fraction of sp³-hybridized carbons (Fsp3) is 0.609. The summed E-state index contributed by atoms with van der Waals surface area (Å²) in [6, 6.07) is 6.50. The van der Waals surface area contributed by atoms with Gasteiger partial charge in [-0.15, -0.1) is 0 Å². The molecule has 2 atom stereocenters. The summed E-state index contributed by atoms with van der Waals surface area (Å²) in [4.78, 5) is 11.9. The first-order valence-electron chi connectivity index (χ1n) is 11.3. The molecule has 0 bridgehead atoms. The average Bonchev–Trinajstić information content (AvgIpc) is 3.11. The number of hydrogen-bond donors (Lipinski definition) is 3. The van der Waals surface area contributed by atoms with Crippen molar-refractivity contribution in [2.45, 2.75) is 64.3 Å². The molecule has 0 spiro atoms. The lowest BCUT2D eigenvalue weighted by atomic mass is 9.77. The van der Waals surface area contributed by atoms with Crippen molar-refractivity contribution in [3.05, 3.63) is 35.6 Å². The van der Waals surface area contributed by atoms with Gasteiger partial charge < -0.3 is 14.8 Å². The Kier molecular flexibility index (Phi) is 8.13. The number of piperidine rings is 1. The third-order valence-electron chi connectivity index (χ3n) is 6.25. The zero-order chi connectivity index (χ0) is 22.4. The van der Waals surface area contributed by atoms with Crippen molar-refractivity contribution in [1.82, 2.24) is 10.0 Å². The highest BCUT2D eigenvalue weighted by Gasteiger charge is 2.32. The van der Waals surface area contributed by atoms with E-state index in [1.54, 1.807) is 0 Å². The van der Waals surface area contributed by atoms with Gasteiger partial charge in [0.2, 0.25) is 10.0 Å². The Morgan fingerprint density at radius 1 is 1.26 bits per heavy atom. The van der Waals surface area contributed by atoms with E-state index in [0.29, 0.717) is 18.1 Å². The molecule has 3 N–H and O–H groups in total. The van der Waals surface area contributed by atoms with Gasteiger partial charge in [0.1, 0.15) is 17.4 Å². The Bertz CT molecular complexity index is 979. The number of carbonyl (C=O) groups is 1. The standard InChI is InChI=1S/C23H34N2O5S/c1-3-5-14-31(28,29)25-19(23(26)27)15-21-22(18-8-6-7-9-20(18)30-21)17(4-2)16-10-12-24-13-11-16/h6-9,16-17,19,24-25H,3-5,10-15H2,1-2H3,(H,26,27). The Morgan fingerprint density at radius 2 is 1.97 bits per heavy atom. The molecule has 2 unspecified atom stereocenters. The van der Waals surface area contributed by atoms with Crippen LogP contribution in [-0.2, 0) is 21.2 Å². The topological polar surface area (TPSA) is 109 Å². The number of hydrogen-bond acceptors (Lipinski definition) is 5. The van der Waals surface area contributed by atoms with Gasteiger partial charge in [-0.1, -0.05) is 38.5 Å². The highest BCUT2D eigenvalue weighted by Crippen LogP contribution is 2.41. The molecule has 0 radical (unpaired) electrons. The van der Waals surface area contributed by atoms with Crippen LogP contribution in [0.2, 0.25) is 0 Å². The molecule has 2 aromatic rings. The van der Waals surface area contributed by atoms with Crippen LogP contribution >= 0.6 is 0 Å². The predicted molar refractivity (Wildman–Crippen MR) is 122 cm³/mol. The normalized spacial score (nSPS) is 17.6. The van der Waals surface area contributed by atoms with E-state index >= 15 is 0 Å². The number of fused-ring (bicyclic) bond motifs is 1. The monoisotopic (exact) mass is 450 g/mol. The van der Waals surface area contributed by atoms with Crippen LogP contribution in [0.1, 0.15) is 63.2 Å². The molecule has 1 aliphatic heterocycles. The SMILES string of the molecule is CCCCS(=O)(=O)NC(Cc1oc2ccccc2c1C(CC)C1CCNCC1)C(=O)O. The van der Waals surface area contributed by atoms with E-state index in [2.05, 4.69) is 17.0 Å². The molecule has 0 saturated carbocycles. The second kappa shape index (κ2) is 10.6. The van der Waals surface area contributed by atoms with Gasteiger partial charge in [-0.3, -0.25) is 4.79 Å². The van der Waals surface area contributed by atoms with Gasteiger partial charge >= 0.3 is 5.97 Å². The Balaban J connectivity index is 1.96. The fourth-order valence-corrected chi connectivity index (χ4v) is 6.07.